The summed E-state index contributed by atoms with van der Waals surface area (Å²) in [5, 5.41) is 13.3. The first-order valence-corrected chi connectivity index (χ1v) is 7.63. The van der Waals surface area contributed by atoms with Gasteiger partial charge in [0.1, 0.15) is 0 Å². The van der Waals surface area contributed by atoms with Gasteiger partial charge in [-0.2, -0.15) is 0 Å². The molecule has 17 heavy (non-hydrogen) atoms. The van der Waals surface area contributed by atoms with Crippen LogP contribution >= 0.6 is 0 Å². The number of aliphatic hydroxyl groups is 1. The van der Waals surface area contributed by atoms with Crippen LogP contribution in [0.5, 0.6) is 0 Å². The third-order valence-corrected chi connectivity index (χ3v) is 4.76. The molecule has 2 aliphatic carbocycles. The van der Waals surface area contributed by atoms with E-state index >= 15 is 0 Å². The summed E-state index contributed by atoms with van der Waals surface area (Å²) >= 11 is 0. The lowest BCUT2D eigenvalue weighted by Gasteiger charge is -2.29. The first-order valence-electron chi connectivity index (χ1n) is 7.63. The zero-order chi connectivity index (χ0) is 12.1. The fraction of sp³-hybridized carbons (Fsp3) is 1.00. The molecule has 0 aromatic carbocycles. The van der Waals surface area contributed by atoms with E-state index in [0.717, 1.165) is 37.1 Å². The zero-order valence-corrected chi connectivity index (χ0v) is 11.3. The summed E-state index contributed by atoms with van der Waals surface area (Å²) in [5.74, 6) is 2.60. The Morgan fingerprint density at radius 2 is 1.65 bits per heavy atom. The number of rotatable bonds is 4. The molecule has 0 amide bonds. The van der Waals surface area contributed by atoms with E-state index in [4.69, 9.17) is 0 Å². The monoisotopic (exact) mass is 239 g/mol. The van der Waals surface area contributed by atoms with E-state index < -0.39 is 0 Å². The summed E-state index contributed by atoms with van der Waals surface area (Å²) < 4.78 is 0. The molecule has 100 valence electrons. The summed E-state index contributed by atoms with van der Waals surface area (Å²) in [6, 6.07) is 0. The quantitative estimate of drug-likeness (QED) is 0.790. The molecule has 2 heteroatoms. The van der Waals surface area contributed by atoms with Gasteiger partial charge in [-0.25, -0.2) is 0 Å². The second kappa shape index (κ2) is 6.75. The van der Waals surface area contributed by atoms with E-state index in [9.17, 15) is 5.11 Å². The maximum absolute atomic E-state index is 9.63. The minimum Gasteiger partial charge on any atom is -0.393 e. The summed E-state index contributed by atoms with van der Waals surface area (Å²) in [7, 11) is 0. The van der Waals surface area contributed by atoms with Crippen molar-refractivity contribution >= 4 is 0 Å². The van der Waals surface area contributed by atoms with E-state index in [-0.39, 0.29) is 6.10 Å². The summed E-state index contributed by atoms with van der Waals surface area (Å²) in [4.78, 5) is 0. The Labute approximate surface area is 106 Å². The van der Waals surface area contributed by atoms with Crippen molar-refractivity contribution in [3.63, 3.8) is 0 Å². The van der Waals surface area contributed by atoms with Crippen molar-refractivity contribution in [1.29, 1.82) is 0 Å². The van der Waals surface area contributed by atoms with Crippen LogP contribution in [0, 0.1) is 17.8 Å². The van der Waals surface area contributed by atoms with Crippen molar-refractivity contribution in [3.05, 3.63) is 0 Å². The van der Waals surface area contributed by atoms with Gasteiger partial charge in [0.15, 0.2) is 0 Å². The fourth-order valence-corrected chi connectivity index (χ4v) is 3.47. The molecule has 0 aromatic heterocycles. The van der Waals surface area contributed by atoms with Crippen LogP contribution < -0.4 is 5.32 Å². The normalized spacial score (nSPS) is 39.2. The van der Waals surface area contributed by atoms with E-state index in [1.54, 1.807) is 0 Å². The largest absolute Gasteiger partial charge is 0.393 e. The molecule has 2 N–H and O–H groups in total. The molecule has 2 nitrogen and oxygen atoms in total. The second-order valence-electron chi connectivity index (χ2n) is 6.47. The molecular formula is C15H29NO. The standard InChI is InChI=1S/C15H29NO/c1-12-5-7-13(8-6-12)10-16-11-14-3-2-4-15(17)9-14/h12-17H,2-11H2,1H3. The van der Waals surface area contributed by atoms with Crippen LogP contribution in [0.2, 0.25) is 0 Å². The molecule has 0 radical (unpaired) electrons. The molecule has 0 bridgehead atoms. The maximum atomic E-state index is 9.63. The lowest BCUT2D eigenvalue weighted by Crippen LogP contribution is -2.33. The van der Waals surface area contributed by atoms with Gasteiger partial charge in [0, 0.05) is 0 Å². The Morgan fingerprint density at radius 3 is 2.35 bits per heavy atom. The van der Waals surface area contributed by atoms with Crippen molar-refractivity contribution in [1.82, 2.24) is 5.32 Å². The van der Waals surface area contributed by atoms with Crippen LogP contribution in [0.15, 0.2) is 0 Å². The van der Waals surface area contributed by atoms with Gasteiger partial charge in [-0.05, 0) is 62.9 Å². The summed E-state index contributed by atoms with van der Waals surface area (Å²) in [6.45, 7) is 4.72. The van der Waals surface area contributed by atoms with E-state index in [0.29, 0.717) is 0 Å². The molecule has 0 aliphatic heterocycles. The molecule has 2 rings (SSSR count). The predicted molar refractivity (Wildman–Crippen MR) is 72.0 cm³/mol. The average molecular weight is 239 g/mol. The molecular weight excluding hydrogens is 210 g/mol. The molecule has 0 heterocycles. The third kappa shape index (κ3) is 4.59. The fourth-order valence-electron chi connectivity index (χ4n) is 3.47. The minimum absolute atomic E-state index is 0.0221. The first-order chi connectivity index (χ1) is 8.24. The van der Waals surface area contributed by atoms with Gasteiger partial charge >= 0.3 is 0 Å². The second-order valence-corrected chi connectivity index (χ2v) is 6.47. The molecule has 0 spiro atoms. The van der Waals surface area contributed by atoms with E-state index in [1.807, 2.05) is 0 Å². The highest BCUT2D eigenvalue weighted by Crippen LogP contribution is 2.28. The number of hydrogen-bond donors (Lipinski definition) is 2. The van der Waals surface area contributed by atoms with Gasteiger partial charge < -0.3 is 10.4 Å². The predicted octanol–water partition coefficient (Wildman–Crippen LogP) is 2.95. The zero-order valence-electron chi connectivity index (χ0n) is 11.3. The van der Waals surface area contributed by atoms with Gasteiger partial charge in [0.2, 0.25) is 0 Å². The van der Waals surface area contributed by atoms with Crippen LogP contribution in [-0.4, -0.2) is 24.3 Å². The van der Waals surface area contributed by atoms with Gasteiger partial charge in [0.05, 0.1) is 6.10 Å². The van der Waals surface area contributed by atoms with Crippen LogP contribution in [0.25, 0.3) is 0 Å². The smallest absolute Gasteiger partial charge is 0.0543 e. The first kappa shape index (κ1) is 13.4. The Kier molecular flexibility index (Phi) is 5.30. The van der Waals surface area contributed by atoms with E-state index in [2.05, 4.69) is 12.2 Å². The lowest BCUT2D eigenvalue weighted by molar-refractivity contribution is 0.0999. The van der Waals surface area contributed by atoms with Crippen molar-refractivity contribution in [2.45, 2.75) is 64.4 Å². The summed E-state index contributed by atoms with van der Waals surface area (Å²) in [5.41, 5.74) is 0. The Morgan fingerprint density at radius 1 is 0.941 bits per heavy atom. The third-order valence-electron chi connectivity index (χ3n) is 4.76. The molecule has 2 aliphatic rings. The molecule has 2 unspecified atom stereocenters. The SMILES string of the molecule is CC1CCC(CNCC2CCCC(O)C2)CC1. The Balaban J connectivity index is 1.56. The average Bonchev–Trinajstić information content (AvgIpc) is 2.32. The highest BCUT2D eigenvalue weighted by Gasteiger charge is 2.21. The lowest BCUT2D eigenvalue weighted by atomic mass is 9.83. The van der Waals surface area contributed by atoms with Gasteiger partial charge in [-0.15, -0.1) is 0 Å². The highest BCUT2D eigenvalue weighted by atomic mass is 16.3. The van der Waals surface area contributed by atoms with Crippen molar-refractivity contribution in [2.24, 2.45) is 17.8 Å². The highest BCUT2D eigenvalue weighted by molar-refractivity contribution is 4.76. The minimum atomic E-state index is -0.0221. The molecule has 0 aromatic rings. The number of hydrogen-bond acceptors (Lipinski definition) is 2. The van der Waals surface area contributed by atoms with Crippen molar-refractivity contribution < 1.29 is 5.11 Å². The van der Waals surface area contributed by atoms with Crippen LogP contribution in [0.4, 0.5) is 0 Å². The maximum Gasteiger partial charge on any atom is 0.0543 e. The van der Waals surface area contributed by atoms with Gasteiger partial charge in [0.25, 0.3) is 0 Å². The van der Waals surface area contributed by atoms with Crippen LogP contribution in [-0.2, 0) is 0 Å². The number of aliphatic hydroxyl groups excluding tert-OH is 1. The summed E-state index contributed by atoms with van der Waals surface area (Å²) in [6.07, 6.45) is 10.2. The molecule has 2 atom stereocenters. The van der Waals surface area contributed by atoms with Crippen molar-refractivity contribution in [2.75, 3.05) is 13.1 Å². The van der Waals surface area contributed by atoms with Crippen molar-refractivity contribution in [3.8, 4) is 0 Å². The van der Waals surface area contributed by atoms with E-state index in [1.165, 1.54) is 45.1 Å². The van der Waals surface area contributed by atoms with Gasteiger partial charge in [-0.3, -0.25) is 0 Å². The Hall–Kier alpha value is -0.0800. The van der Waals surface area contributed by atoms with Crippen LogP contribution in [0.1, 0.15) is 58.3 Å². The molecule has 2 fully saturated rings. The molecule has 2 saturated carbocycles. The Bertz CT molecular complexity index is 211. The van der Waals surface area contributed by atoms with Crippen LogP contribution in [0.3, 0.4) is 0 Å². The van der Waals surface area contributed by atoms with Gasteiger partial charge in [-0.1, -0.05) is 26.2 Å². The number of nitrogens with one attached hydrogen (secondary N) is 1. The molecule has 0 saturated heterocycles. The topological polar surface area (TPSA) is 32.3 Å².